The van der Waals surface area contributed by atoms with Gasteiger partial charge in [0.15, 0.2) is 11.6 Å². The SMILES string of the molecule is O=C(O)[C@H]1Cc2cc(ccc2OCc2ccnc(-c3ccccc3OO)n2)OCC(CN2CCNCC2)Oc2ccc(c(O)c2Cl)-c2c(-c3ccc(F)cc3)sc3ncnc(c23)O1. The molecule has 1 saturated heterocycles. The van der Waals surface area contributed by atoms with Crippen molar-refractivity contribution in [2.45, 2.75) is 25.2 Å². The van der Waals surface area contributed by atoms with Gasteiger partial charge < -0.3 is 39.4 Å². The first kappa shape index (κ1) is 41.7. The van der Waals surface area contributed by atoms with Gasteiger partial charge >= 0.3 is 5.97 Å². The van der Waals surface area contributed by atoms with E-state index in [9.17, 15) is 24.7 Å². The Balaban J connectivity index is 1.14. The smallest absolute Gasteiger partial charge is 0.345 e. The molecule has 4 aromatic carbocycles. The molecular formula is C45H38ClFN6O9S. The zero-order valence-corrected chi connectivity index (χ0v) is 34.8. The van der Waals surface area contributed by atoms with E-state index in [1.54, 1.807) is 79.0 Å². The number of aromatic hydroxyl groups is 1. The number of piperazine rings is 1. The zero-order chi connectivity index (χ0) is 43.5. The van der Waals surface area contributed by atoms with Crippen LogP contribution in [-0.2, 0) is 17.8 Å². The van der Waals surface area contributed by atoms with E-state index in [2.05, 4.69) is 35.0 Å². The number of phenols is 1. The highest BCUT2D eigenvalue weighted by Crippen LogP contribution is 2.52. The van der Waals surface area contributed by atoms with E-state index >= 15 is 0 Å². The van der Waals surface area contributed by atoms with Gasteiger partial charge in [-0.25, -0.2) is 34.4 Å². The van der Waals surface area contributed by atoms with Crippen molar-refractivity contribution in [2.24, 2.45) is 0 Å². The van der Waals surface area contributed by atoms with E-state index in [1.165, 1.54) is 29.8 Å². The standard InChI is InChI=1S/C45H38ClFN6O9S/c46-39-35-12-10-32(40(39)54)37-38-43(50-24-51-44(38)63-41(37)25-5-7-27(47)8-6-25)61-36(45(55)56)20-26-19-29(58-23-30(60-35)21-53-17-15-48-16-18-53)9-11-33(26)59-22-28-13-14-49-42(52-28)31-3-1-2-4-34(31)62-57/h1-14,19,24,30,36,48,54,57H,15-18,20-23H2,(H,55,56)/t30?,36-/m1/s1. The Morgan fingerprint density at radius 2 is 1.79 bits per heavy atom. The Hall–Kier alpha value is -6.63. The third-order valence-corrected chi connectivity index (χ3v) is 12.1. The average Bonchev–Trinajstić information content (AvgIpc) is 3.69. The number of phenolic OH excluding ortho intramolecular Hbond substituents is 1. The number of hydrogen-bond donors (Lipinski definition) is 4. The molecule has 6 heterocycles. The van der Waals surface area contributed by atoms with Crippen LogP contribution in [0.1, 0.15) is 11.3 Å². The normalized spacial score (nSPS) is 16.7. The second kappa shape index (κ2) is 18.4. The third kappa shape index (κ3) is 9.00. The Labute approximate surface area is 368 Å². The summed E-state index contributed by atoms with van der Waals surface area (Å²) in [6, 6.07) is 22.7. The van der Waals surface area contributed by atoms with E-state index in [1.807, 2.05) is 0 Å². The van der Waals surface area contributed by atoms with Crippen molar-refractivity contribution in [3.8, 4) is 67.6 Å². The number of carboxylic acids is 1. The number of aromatic nitrogens is 4. The molecule has 1 unspecified atom stereocenters. The minimum atomic E-state index is -1.53. The first-order valence-corrected chi connectivity index (χ1v) is 21.1. The van der Waals surface area contributed by atoms with Gasteiger partial charge in [-0.05, 0) is 66.2 Å². The zero-order valence-electron chi connectivity index (χ0n) is 33.2. The molecule has 0 saturated carbocycles. The Morgan fingerprint density at radius 1 is 0.968 bits per heavy atom. The molecule has 3 aromatic heterocycles. The first-order chi connectivity index (χ1) is 30.7. The molecule has 63 heavy (non-hydrogen) atoms. The molecule has 0 amide bonds. The van der Waals surface area contributed by atoms with Crippen molar-refractivity contribution in [2.75, 3.05) is 39.3 Å². The third-order valence-electron chi connectivity index (χ3n) is 10.6. The number of carboxylic acid groups (broad SMARTS) is 1. The molecule has 322 valence electrons. The number of ether oxygens (including phenoxy) is 4. The number of halogens is 2. The fraction of sp³-hybridized carbons (Fsp3) is 0.222. The van der Waals surface area contributed by atoms with Gasteiger partial charge in [-0.2, -0.15) is 0 Å². The molecule has 3 aliphatic rings. The summed E-state index contributed by atoms with van der Waals surface area (Å²) in [4.78, 5) is 38.8. The number of benzene rings is 4. The number of carbonyl (C=O) groups is 1. The number of para-hydroxylation sites is 1. The monoisotopic (exact) mass is 892 g/mol. The van der Waals surface area contributed by atoms with Gasteiger partial charge in [-0.15, -0.1) is 11.3 Å². The van der Waals surface area contributed by atoms with Gasteiger partial charge in [0.2, 0.25) is 12.0 Å². The maximum Gasteiger partial charge on any atom is 0.345 e. The van der Waals surface area contributed by atoms with E-state index in [4.69, 9.17) is 30.5 Å². The van der Waals surface area contributed by atoms with Gasteiger partial charge in [0.1, 0.15) is 64.3 Å². The lowest BCUT2D eigenvalue weighted by molar-refractivity contribution is -0.145. The summed E-state index contributed by atoms with van der Waals surface area (Å²) in [7, 11) is 0. The van der Waals surface area contributed by atoms with E-state index in [0.717, 1.165) is 26.2 Å². The van der Waals surface area contributed by atoms with E-state index in [-0.39, 0.29) is 53.3 Å². The predicted molar refractivity (Wildman–Crippen MR) is 231 cm³/mol. The largest absolute Gasteiger partial charge is 0.506 e. The van der Waals surface area contributed by atoms with Gasteiger partial charge in [-0.3, -0.25) is 4.90 Å². The highest BCUT2D eigenvalue weighted by Gasteiger charge is 2.30. The van der Waals surface area contributed by atoms with Gasteiger partial charge in [-0.1, -0.05) is 35.9 Å². The molecule has 0 aliphatic carbocycles. The average molecular weight is 893 g/mol. The van der Waals surface area contributed by atoms with Crippen molar-refractivity contribution in [1.82, 2.24) is 30.2 Å². The van der Waals surface area contributed by atoms with Crippen LogP contribution in [0.4, 0.5) is 4.39 Å². The summed E-state index contributed by atoms with van der Waals surface area (Å²) < 4.78 is 39.8. The summed E-state index contributed by atoms with van der Waals surface area (Å²) in [6.45, 7) is 3.67. The molecular weight excluding hydrogens is 855 g/mol. The highest BCUT2D eigenvalue weighted by atomic mass is 35.5. The summed E-state index contributed by atoms with van der Waals surface area (Å²) in [5, 5.41) is 35.6. The van der Waals surface area contributed by atoms with Crippen molar-refractivity contribution < 1.29 is 48.5 Å². The number of rotatable bonds is 9. The lowest BCUT2D eigenvalue weighted by Gasteiger charge is -2.31. The van der Waals surface area contributed by atoms with Crippen LogP contribution >= 0.6 is 22.9 Å². The molecule has 0 spiro atoms. The molecule has 0 radical (unpaired) electrons. The summed E-state index contributed by atoms with van der Waals surface area (Å²) in [5.41, 5.74) is 2.67. The van der Waals surface area contributed by atoms with Crippen molar-refractivity contribution in [3.05, 3.63) is 120 Å². The Bertz CT molecular complexity index is 2790. The topological polar surface area (TPSA) is 191 Å². The maximum absolute atomic E-state index is 14.2. The van der Waals surface area contributed by atoms with Crippen molar-refractivity contribution >= 4 is 39.1 Å². The fourth-order valence-electron chi connectivity index (χ4n) is 7.52. The van der Waals surface area contributed by atoms with Gasteiger partial charge in [0.25, 0.3) is 0 Å². The molecule has 4 bridgehead atoms. The van der Waals surface area contributed by atoms with Crippen molar-refractivity contribution in [3.63, 3.8) is 0 Å². The molecule has 1 fully saturated rings. The minimum Gasteiger partial charge on any atom is -0.506 e. The molecule has 15 nitrogen and oxygen atoms in total. The van der Waals surface area contributed by atoms with Crippen LogP contribution in [0.2, 0.25) is 5.02 Å². The molecule has 2 atom stereocenters. The molecule has 3 aliphatic heterocycles. The van der Waals surface area contributed by atoms with Crippen molar-refractivity contribution in [1.29, 1.82) is 0 Å². The van der Waals surface area contributed by atoms with E-state index < -0.39 is 24.0 Å². The molecule has 4 N–H and O–H groups in total. The van der Waals surface area contributed by atoms with Gasteiger partial charge in [0.05, 0.1) is 16.6 Å². The predicted octanol–water partition coefficient (Wildman–Crippen LogP) is 7.53. The van der Waals surface area contributed by atoms with Crippen LogP contribution in [0.25, 0.3) is 43.2 Å². The number of aliphatic carboxylic acids is 1. The quantitative estimate of drug-likeness (QED) is 0.0821. The summed E-state index contributed by atoms with van der Waals surface area (Å²) >= 11 is 8.18. The number of nitrogens with zero attached hydrogens (tertiary/aromatic N) is 5. The van der Waals surface area contributed by atoms with Gasteiger partial charge in [0, 0.05) is 66.9 Å². The van der Waals surface area contributed by atoms with Crippen LogP contribution < -0.4 is 29.2 Å². The lowest BCUT2D eigenvalue weighted by atomic mass is 9.98. The van der Waals surface area contributed by atoms with Crippen LogP contribution in [0, 0.1) is 5.82 Å². The Kier molecular flexibility index (Phi) is 12.2. The summed E-state index contributed by atoms with van der Waals surface area (Å²) in [6.07, 6.45) is 0.518. The van der Waals surface area contributed by atoms with Crippen LogP contribution in [0.15, 0.2) is 97.5 Å². The molecule has 18 heteroatoms. The molecule has 7 aromatic rings. The first-order valence-electron chi connectivity index (χ1n) is 19.9. The highest BCUT2D eigenvalue weighted by molar-refractivity contribution is 7.22. The number of fused-ring (bicyclic) bond motifs is 7. The second-order valence-corrected chi connectivity index (χ2v) is 16.1. The van der Waals surface area contributed by atoms with Crippen LogP contribution in [0.5, 0.6) is 34.6 Å². The second-order valence-electron chi connectivity index (χ2n) is 14.7. The van der Waals surface area contributed by atoms with Crippen LogP contribution in [-0.4, -0.2) is 97.8 Å². The number of thiophene rings is 1. The minimum absolute atomic E-state index is 0.0392. The van der Waals surface area contributed by atoms with Crippen LogP contribution in [0.3, 0.4) is 0 Å². The fourth-order valence-corrected chi connectivity index (χ4v) is 8.88. The number of hydrogen-bond acceptors (Lipinski definition) is 15. The maximum atomic E-state index is 14.2. The lowest BCUT2D eigenvalue weighted by Crippen LogP contribution is -2.48. The van der Waals surface area contributed by atoms with E-state index in [0.29, 0.717) is 66.9 Å². The number of nitrogens with one attached hydrogen (secondary N) is 1. The molecule has 10 rings (SSSR count). The summed E-state index contributed by atoms with van der Waals surface area (Å²) in [5.74, 6) is -0.678. The Morgan fingerprint density at radius 3 is 2.60 bits per heavy atom.